The monoisotopic (exact) mass is 489 g/mol. The van der Waals surface area contributed by atoms with E-state index >= 15 is 0 Å². The Balaban J connectivity index is 0.00000130. The average Bonchev–Trinajstić information content (AvgIpc) is 3.37. The molecule has 2 aromatic carbocycles. The van der Waals surface area contributed by atoms with Crippen LogP contribution in [0.15, 0.2) is 42.6 Å². The normalized spacial score (nSPS) is 17.5. The molecule has 1 N–H and O–H groups in total. The van der Waals surface area contributed by atoms with Gasteiger partial charge in [0.05, 0.1) is 24.6 Å². The second-order valence-corrected chi connectivity index (χ2v) is 9.43. The fraction of sp³-hybridized carbons (Fsp3) is 0.483. The highest BCUT2D eigenvalue weighted by atomic mass is 16.5. The van der Waals surface area contributed by atoms with Crippen LogP contribution in [0.2, 0.25) is 0 Å². The predicted octanol–water partition coefficient (Wildman–Crippen LogP) is 4.05. The molecule has 4 heterocycles. The van der Waals surface area contributed by atoms with Gasteiger partial charge in [-0.25, -0.2) is 4.98 Å². The van der Waals surface area contributed by atoms with Gasteiger partial charge in [-0.3, -0.25) is 9.47 Å². The van der Waals surface area contributed by atoms with Crippen molar-refractivity contribution in [2.24, 2.45) is 0 Å². The maximum absolute atomic E-state index is 6.14. The molecular formula is C29H39N5O2. The second kappa shape index (κ2) is 11.5. The Hall–Kier alpha value is -2.87. The molecule has 3 aliphatic rings. The number of hydrogen-bond acceptors (Lipinski definition) is 6. The van der Waals surface area contributed by atoms with Crippen molar-refractivity contribution in [3.63, 3.8) is 0 Å². The van der Waals surface area contributed by atoms with Crippen LogP contribution < -0.4 is 15.0 Å². The molecular weight excluding hydrogens is 450 g/mol. The zero-order valence-corrected chi connectivity index (χ0v) is 21.9. The Morgan fingerprint density at radius 1 is 0.917 bits per heavy atom. The summed E-state index contributed by atoms with van der Waals surface area (Å²) in [5.41, 5.74) is 7.27. The van der Waals surface area contributed by atoms with Gasteiger partial charge in [0.15, 0.2) is 5.82 Å². The molecule has 7 heteroatoms. The Labute approximate surface area is 215 Å². The highest BCUT2D eigenvalue weighted by molar-refractivity contribution is 5.72. The van der Waals surface area contributed by atoms with Crippen LogP contribution in [0.5, 0.6) is 5.75 Å². The summed E-state index contributed by atoms with van der Waals surface area (Å²) in [6.45, 7) is 15.7. The van der Waals surface area contributed by atoms with E-state index in [9.17, 15) is 0 Å². The molecule has 0 atom stereocenters. The van der Waals surface area contributed by atoms with Crippen LogP contribution in [0, 0.1) is 6.92 Å². The van der Waals surface area contributed by atoms with E-state index in [0.717, 1.165) is 88.4 Å². The number of nitrogens with zero attached hydrogens (tertiary/aromatic N) is 4. The summed E-state index contributed by atoms with van der Waals surface area (Å²) in [6.07, 6.45) is 3.13. The minimum atomic E-state index is 0.509. The third-order valence-electron chi connectivity index (χ3n) is 7.18. The van der Waals surface area contributed by atoms with Crippen molar-refractivity contribution in [3.05, 3.63) is 59.7 Å². The van der Waals surface area contributed by atoms with Gasteiger partial charge >= 0.3 is 0 Å². The molecule has 2 fully saturated rings. The largest absolute Gasteiger partial charge is 0.483 e. The lowest BCUT2D eigenvalue weighted by Crippen LogP contribution is -2.43. The van der Waals surface area contributed by atoms with Crippen molar-refractivity contribution < 1.29 is 9.47 Å². The summed E-state index contributed by atoms with van der Waals surface area (Å²) in [5.74, 6) is 1.90. The highest BCUT2D eigenvalue weighted by Crippen LogP contribution is 2.35. The highest BCUT2D eigenvalue weighted by Gasteiger charge is 2.21. The zero-order valence-electron chi connectivity index (χ0n) is 21.9. The molecule has 0 bridgehead atoms. The number of anilines is 1. The number of piperazine rings is 1. The van der Waals surface area contributed by atoms with Crippen LogP contribution in [0.3, 0.4) is 0 Å². The number of nitrogens with one attached hydrogen (secondary N) is 1. The van der Waals surface area contributed by atoms with Crippen LogP contribution in [-0.4, -0.2) is 73.5 Å². The molecule has 0 saturated carbocycles. The SMILES string of the molecule is CC.Cc1cc(-c2ccc3c(c2)OCc2nc(CCN4CCOCC4)cn2-3)ccc1N1CCNCC1. The van der Waals surface area contributed by atoms with E-state index < -0.39 is 0 Å². The number of ether oxygens (including phenoxy) is 2. The molecule has 7 nitrogen and oxygen atoms in total. The molecule has 2 saturated heterocycles. The Bertz CT molecular complexity index is 1160. The first-order chi connectivity index (χ1) is 17.7. The van der Waals surface area contributed by atoms with Crippen LogP contribution in [-0.2, 0) is 17.8 Å². The molecule has 192 valence electrons. The number of imidazole rings is 1. The fourth-order valence-corrected chi connectivity index (χ4v) is 5.25. The first-order valence-corrected chi connectivity index (χ1v) is 13.5. The minimum Gasteiger partial charge on any atom is -0.483 e. The Kier molecular flexibility index (Phi) is 7.90. The second-order valence-electron chi connectivity index (χ2n) is 9.43. The number of morpholine rings is 1. The predicted molar refractivity (Wildman–Crippen MR) is 145 cm³/mol. The van der Waals surface area contributed by atoms with Crippen LogP contribution in [0.25, 0.3) is 16.8 Å². The standard InChI is InChI=1S/C27H33N5O2.C2H6/c1-20-16-21(2-4-24(20)31-10-7-28-8-11-31)22-3-5-25-26(17-22)34-19-27-29-23(18-32(25)27)6-9-30-12-14-33-15-13-30;1-2/h2-5,16-18,28H,6-15,19H2,1H3;1-2H3. The molecule has 1 aromatic heterocycles. The Morgan fingerprint density at radius 3 is 2.39 bits per heavy atom. The van der Waals surface area contributed by atoms with Crippen LogP contribution >= 0.6 is 0 Å². The van der Waals surface area contributed by atoms with E-state index in [-0.39, 0.29) is 0 Å². The molecule has 0 radical (unpaired) electrons. The van der Waals surface area contributed by atoms with E-state index in [4.69, 9.17) is 14.5 Å². The van der Waals surface area contributed by atoms with Gasteiger partial charge in [-0.1, -0.05) is 26.0 Å². The van der Waals surface area contributed by atoms with Gasteiger partial charge in [-0.15, -0.1) is 0 Å². The molecule has 0 aliphatic carbocycles. The van der Waals surface area contributed by atoms with Gasteiger partial charge in [0.25, 0.3) is 0 Å². The van der Waals surface area contributed by atoms with Crippen molar-refractivity contribution in [1.82, 2.24) is 19.8 Å². The van der Waals surface area contributed by atoms with Crippen LogP contribution in [0.1, 0.15) is 30.9 Å². The van der Waals surface area contributed by atoms with Crippen molar-refractivity contribution in [2.45, 2.75) is 33.8 Å². The molecule has 0 spiro atoms. The van der Waals surface area contributed by atoms with E-state index in [1.54, 1.807) is 0 Å². The number of aryl methyl sites for hydroxylation is 1. The quantitative estimate of drug-likeness (QED) is 0.584. The summed E-state index contributed by atoms with van der Waals surface area (Å²) in [5, 5.41) is 3.43. The molecule has 3 aromatic rings. The van der Waals surface area contributed by atoms with E-state index in [1.165, 1.54) is 22.4 Å². The molecule has 6 rings (SSSR count). The molecule has 3 aliphatic heterocycles. The first-order valence-electron chi connectivity index (χ1n) is 13.5. The first kappa shape index (κ1) is 24.8. The topological polar surface area (TPSA) is 54.8 Å². The smallest absolute Gasteiger partial charge is 0.151 e. The van der Waals surface area contributed by atoms with Gasteiger partial charge in [-0.05, 0) is 47.9 Å². The number of rotatable bonds is 5. The lowest BCUT2D eigenvalue weighted by Gasteiger charge is -2.31. The number of hydrogen-bond donors (Lipinski definition) is 1. The third-order valence-corrected chi connectivity index (χ3v) is 7.18. The molecule has 0 unspecified atom stereocenters. The zero-order chi connectivity index (χ0) is 24.9. The number of benzene rings is 2. The van der Waals surface area contributed by atoms with Crippen molar-refractivity contribution in [3.8, 4) is 22.6 Å². The van der Waals surface area contributed by atoms with Gasteiger partial charge in [-0.2, -0.15) is 0 Å². The fourth-order valence-electron chi connectivity index (χ4n) is 5.25. The average molecular weight is 490 g/mol. The Morgan fingerprint density at radius 2 is 1.64 bits per heavy atom. The van der Waals surface area contributed by atoms with Gasteiger partial charge in [0.1, 0.15) is 12.4 Å². The summed E-state index contributed by atoms with van der Waals surface area (Å²) in [6, 6.07) is 13.3. The summed E-state index contributed by atoms with van der Waals surface area (Å²) >= 11 is 0. The number of fused-ring (bicyclic) bond motifs is 3. The van der Waals surface area contributed by atoms with Gasteiger partial charge < -0.3 is 19.7 Å². The van der Waals surface area contributed by atoms with Crippen molar-refractivity contribution >= 4 is 5.69 Å². The van der Waals surface area contributed by atoms with E-state index in [2.05, 4.69) is 69.2 Å². The maximum Gasteiger partial charge on any atom is 0.151 e. The molecule has 36 heavy (non-hydrogen) atoms. The summed E-state index contributed by atoms with van der Waals surface area (Å²) in [7, 11) is 0. The lowest BCUT2D eigenvalue weighted by molar-refractivity contribution is 0.0383. The van der Waals surface area contributed by atoms with Crippen molar-refractivity contribution in [1.29, 1.82) is 0 Å². The van der Waals surface area contributed by atoms with E-state index in [1.807, 2.05) is 13.8 Å². The van der Waals surface area contributed by atoms with Crippen LogP contribution in [0.4, 0.5) is 5.69 Å². The lowest BCUT2D eigenvalue weighted by atomic mass is 10.0. The maximum atomic E-state index is 6.14. The molecule has 0 amide bonds. The third kappa shape index (κ3) is 5.28. The minimum absolute atomic E-state index is 0.509. The van der Waals surface area contributed by atoms with Crippen molar-refractivity contribution in [2.75, 3.05) is 63.9 Å². The van der Waals surface area contributed by atoms with Gasteiger partial charge in [0.2, 0.25) is 0 Å². The summed E-state index contributed by atoms with van der Waals surface area (Å²) in [4.78, 5) is 9.78. The summed E-state index contributed by atoms with van der Waals surface area (Å²) < 4.78 is 13.8. The van der Waals surface area contributed by atoms with Gasteiger partial charge in [0, 0.05) is 64.1 Å². The number of aromatic nitrogens is 2. The van der Waals surface area contributed by atoms with E-state index in [0.29, 0.717) is 6.61 Å².